The first-order chi connectivity index (χ1) is 9.63. The van der Waals surface area contributed by atoms with Gasteiger partial charge in [0.25, 0.3) is 0 Å². The molecule has 0 atom stereocenters. The molecule has 20 heavy (non-hydrogen) atoms. The number of ether oxygens (including phenoxy) is 1. The summed E-state index contributed by atoms with van der Waals surface area (Å²) in [5, 5.41) is 3.60. The Bertz CT molecular complexity index is 604. The minimum absolute atomic E-state index is 0.206. The Labute approximate surface area is 121 Å². The number of nitrogens with one attached hydrogen (secondary N) is 1. The average Bonchev–Trinajstić information content (AvgIpc) is 2.45. The molecule has 0 radical (unpaired) electrons. The third-order valence-corrected chi connectivity index (χ3v) is 3.30. The molecule has 0 amide bonds. The monoisotopic (exact) mass is 297 g/mol. The lowest BCUT2D eigenvalue weighted by atomic mass is 10.1. The molecule has 2 rings (SSSR count). The molecule has 0 aliphatic heterocycles. The molecule has 0 fully saturated rings. The molecule has 0 spiro atoms. The van der Waals surface area contributed by atoms with E-state index in [2.05, 4.69) is 5.32 Å². The van der Waals surface area contributed by atoms with Gasteiger partial charge >= 0.3 is 0 Å². The second kappa shape index (κ2) is 6.68. The van der Waals surface area contributed by atoms with Gasteiger partial charge < -0.3 is 10.1 Å². The average molecular weight is 298 g/mol. The van der Waals surface area contributed by atoms with Crippen molar-refractivity contribution in [3.63, 3.8) is 0 Å². The van der Waals surface area contributed by atoms with E-state index in [1.165, 1.54) is 12.1 Å². The van der Waals surface area contributed by atoms with Crippen LogP contribution in [0, 0.1) is 11.6 Å². The minimum Gasteiger partial charge on any atom is -0.496 e. The van der Waals surface area contributed by atoms with Crippen LogP contribution in [0.25, 0.3) is 0 Å². The van der Waals surface area contributed by atoms with Gasteiger partial charge in [0.2, 0.25) is 0 Å². The molecule has 106 valence electrons. The van der Waals surface area contributed by atoms with Gasteiger partial charge in [0.15, 0.2) is 11.6 Å². The van der Waals surface area contributed by atoms with E-state index >= 15 is 0 Å². The van der Waals surface area contributed by atoms with Crippen molar-refractivity contribution in [2.45, 2.75) is 13.1 Å². The van der Waals surface area contributed by atoms with Gasteiger partial charge in [-0.2, -0.15) is 0 Å². The summed E-state index contributed by atoms with van der Waals surface area (Å²) in [4.78, 5) is 0. The van der Waals surface area contributed by atoms with E-state index in [4.69, 9.17) is 16.3 Å². The maximum Gasteiger partial charge on any atom is 0.163 e. The van der Waals surface area contributed by atoms with Crippen molar-refractivity contribution in [1.82, 2.24) is 5.32 Å². The Balaban J connectivity index is 2.05. The lowest BCUT2D eigenvalue weighted by Gasteiger charge is -2.11. The van der Waals surface area contributed by atoms with Crippen molar-refractivity contribution in [2.24, 2.45) is 0 Å². The molecule has 2 nitrogen and oxygen atoms in total. The first-order valence-electron chi connectivity index (χ1n) is 6.08. The first-order valence-corrected chi connectivity index (χ1v) is 6.46. The van der Waals surface area contributed by atoms with E-state index in [1.807, 2.05) is 0 Å². The molecule has 0 aromatic heterocycles. The third-order valence-electron chi connectivity index (χ3n) is 2.94. The zero-order valence-corrected chi connectivity index (χ0v) is 11.7. The minimum atomic E-state index is -0.848. The summed E-state index contributed by atoms with van der Waals surface area (Å²) in [6.07, 6.45) is 0. The Morgan fingerprint density at radius 2 is 1.85 bits per heavy atom. The van der Waals surface area contributed by atoms with Gasteiger partial charge in [-0.15, -0.1) is 0 Å². The molecule has 0 aliphatic carbocycles. The molecular formula is C15H14ClF2NO. The van der Waals surface area contributed by atoms with Gasteiger partial charge in [-0.25, -0.2) is 8.78 Å². The van der Waals surface area contributed by atoms with Crippen LogP contribution in [0.1, 0.15) is 11.1 Å². The van der Waals surface area contributed by atoms with Crippen LogP contribution in [0.4, 0.5) is 8.78 Å². The highest BCUT2D eigenvalue weighted by atomic mass is 35.5. The van der Waals surface area contributed by atoms with Crippen molar-refractivity contribution in [3.05, 3.63) is 64.2 Å². The number of rotatable bonds is 5. The molecule has 0 bridgehead atoms. The number of hydrogen-bond donors (Lipinski definition) is 1. The number of halogens is 3. The van der Waals surface area contributed by atoms with Gasteiger partial charge in [0.1, 0.15) is 5.75 Å². The smallest absolute Gasteiger partial charge is 0.163 e. The Morgan fingerprint density at radius 1 is 1.10 bits per heavy atom. The van der Waals surface area contributed by atoms with Crippen molar-refractivity contribution in [1.29, 1.82) is 0 Å². The van der Waals surface area contributed by atoms with Crippen molar-refractivity contribution in [3.8, 4) is 5.75 Å². The number of hydrogen-bond acceptors (Lipinski definition) is 2. The summed E-state index contributed by atoms with van der Waals surface area (Å²) in [6.45, 7) is 0.608. The zero-order valence-electron chi connectivity index (χ0n) is 10.9. The highest BCUT2D eigenvalue weighted by Crippen LogP contribution is 2.26. The van der Waals surface area contributed by atoms with Crippen molar-refractivity contribution in [2.75, 3.05) is 7.11 Å². The van der Waals surface area contributed by atoms with E-state index < -0.39 is 11.6 Å². The number of benzene rings is 2. The molecule has 2 aromatic rings. The molecule has 0 aliphatic rings. The van der Waals surface area contributed by atoms with Gasteiger partial charge in [-0.05, 0) is 18.2 Å². The fraction of sp³-hybridized carbons (Fsp3) is 0.200. The molecule has 5 heteroatoms. The lowest BCUT2D eigenvalue weighted by molar-refractivity contribution is 0.407. The molecule has 0 unspecified atom stereocenters. The molecule has 0 saturated carbocycles. The molecule has 0 heterocycles. The predicted molar refractivity (Wildman–Crippen MR) is 74.9 cm³/mol. The maximum absolute atomic E-state index is 13.5. The molecule has 0 saturated heterocycles. The van der Waals surface area contributed by atoms with Crippen LogP contribution in [0.3, 0.4) is 0 Å². The van der Waals surface area contributed by atoms with Crippen LogP contribution in [0.5, 0.6) is 5.75 Å². The van der Waals surface area contributed by atoms with Gasteiger partial charge in [0.05, 0.1) is 7.11 Å². The van der Waals surface area contributed by atoms with E-state index in [1.54, 1.807) is 25.3 Å². The number of methoxy groups -OCH3 is 1. The second-order valence-electron chi connectivity index (χ2n) is 4.24. The fourth-order valence-corrected chi connectivity index (χ4v) is 2.14. The molecular weight excluding hydrogens is 284 g/mol. The topological polar surface area (TPSA) is 21.3 Å². The van der Waals surface area contributed by atoms with E-state index in [0.717, 1.165) is 11.6 Å². The van der Waals surface area contributed by atoms with Crippen molar-refractivity contribution < 1.29 is 13.5 Å². The summed E-state index contributed by atoms with van der Waals surface area (Å²) < 4.78 is 31.8. The van der Waals surface area contributed by atoms with E-state index in [0.29, 0.717) is 17.3 Å². The molecule has 1 N–H and O–H groups in total. The summed E-state index contributed by atoms with van der Waals surface area (Å²) in [5.41, 5.74) is 1.06. The SMILES string of the molecule is COc1cccc(Cl)c1CNCc1cccc(F)c1F. The van der Waals surface area contributed by atoms with Crippen LogP contribution in [0.15, 0.2) is 36.4 Å². The highest BCUT2D eigenvalue weighted by molar-refractivity contribution is 6.31. The normalized spacial score (nSPS) is 10.6. The Hall–Kier alpha value is -1.65. The van der Waals surface area contributed by atoms with Crippen LogP contribution in [0.2, 0.25) is 5.02 Å². The van der Waals surface area contributed by atoms with Crippen LogP contribution >= 0.6 is 11.6 Å². The summed E-state index contributed by atoms with van der Waals surface area (Å²) in [5.74, 6) is -1.02. The van der Waals surface area contributed by atoms with Crippen LogP contribution in [-0.2, 0) is 13.1 Å². The van der Waals surface area contributed by atoms with Gasteiger partial charge in [-0.1, -0.05) is 29.8 Å². The van der Waals surface area contributed by atoms with Gasteiger partial charge in [-0.3, -0.25) is 0 Å². The Morgan fingerprint density at radius 3 is 2.60 bits per heavy atom. The summed E-state index contributed by atoms with van der Waals surface area (Å²) >= 11 is 6.09. The quantitative estimate of drug-likeness (QED) is 0.903. The Kier molecular flexibility index (Phi) is 4.93. The maximum atomic E-state index is 13.5. The van der Waals surface area contributed by atoms with Crippen LogP contribution in [-0.4, -0.2) is 7.11 Å². The molecule has 2 aromatic carbocycles. The van der Waals surface area contributed by atoms with Gasteiger partial charge in [0, 0.05) is 29.2 Å². The van der Waals surface area contributed by atoms with Crippen LogP contribution < -0.4 is 10.1 Å². The lowest BCUT2D eigenvalue weighted by Crippen LogP contribution is -2.15. The zero-order chi connectivity index (χ0) is 14.5. The third kappa shape index (κ3) is 3.26. The summed E-state index contributed by atoms with van der Waals surface area (Å²) in [6, 6.07) is 9.45. The largest absolute Gasteiger partial charge is 0.496 e. The van der Waals surface area contributed by atoms with E-state index in [9.17, 15) is 8.78 Å². The fourth-order valence-electron chi connectivity index (χ4n) is 1.91. The second-order valence-corrected chi connectivity index (χ2v) is 4.64. The standard InChI is InChI=1S/C15H14ClF2NO/c1-20-14-7-3-5-12(16)11(14)9-19-8-10-4-2-6-13(17)15(10)18/h2-7,19H,8-9H2,1H3. The van der Waals surface area contributed by atoms with Crippen molar-refractivity contribution >= 4 is 11.6 Å². The van der Waals surface area contributed by atoms with E-state index in [-0.39, 0.29) is 12.1 Å². The first kappa shape index (κ1) is 14.8. The predicted octanol–water partition coefficient (Wildman–Crippen LogP) is 3.92. The highest BCUT2D eigenvalue weighted by Gasteiger charge is 2.09. The summed E-state index contributed by atoms with van der Waals surface area (Å²) in [7, 11) is 1.56.